The fourth-order valence-electron chi connectivity index (χ4n) is 3.50. The average molecular weight is 484 g/mol. The molecule has 0 saturated heterocycles. The third kappa shape index (κ3) is 5.36. The summed E-state index contributed by atoms with van der Waals surface area (Å²) >= 11 is 0. The van der Waals surface area contributed by atoms with E-state index in [0.717, 1.165) is 6.08 Å². The molecule has 0 bridgehead atoms. The van der Waals surface area contributed by atoms with Crippen LogP contribution in [0.25, 0.3) is 5.57 Å². The molecule has 0 fully saturated rings. The number of amides is 1. The lowest BCUT2D eigenvalue weighted by Gasteiger charge is -2.29. The van der Waals surface area contributed by atoms with E-state index in [1.54, 1.807) is 61.8 Å². The van der Waals surface area contributed by atoms with Gasteiger partial charge in [-0.25, -0.2) is 13.9 Å². The van der Waals surface area contributed by atoms with Gasteiger partial charge >= 0.3 is 0 Å². The van der Waals surface area contributed by atoms with Crippen molar-refractivity contribution in [3.8, 4) is 5.75 Å². The number of carbonyl (C=O) groups excluding carboxylic acids is 1. The highest BCUT2D eigenvalue weighted by Gasteiger charge is 2.28. The van der Waals surface area contributed by atoms with Crippen LogP contribution >= 0.6 is 0 Å². The molecule has 0 radical (unpaired) electrons. The van der Waals surface area contributed by atoms with E-state index in [0.29, 0.717) is 32.9 Å². The quantitative estimate of drug-likeness (QED) is 0.167. The van der Waals surface area contributed by atoms with Crippen LogP contribution in [0.5, 0.6) is 5.75 Å². The van der Waals surface area contributed by atoms with Crippen molar-refractivity contribution in [3.63, 3.8) is 0 Å². The minimum Gasteiger partial charge on any atom is -0.619 e. The fourth-order valence-corrected chi connectivity index (χ4v) is 5.15. The van der Waals surface area contributed by atoms with E-state index in [1.807, 2.05) is 0 Å². The second-order valence-corrected chi connectivity index (χ2v) is 9.42. The fraction of sp³-hybridized carbons (Fsp3) is 0.167. The zero-order valence-electron chi connectivity index (χ0n) is 18.9. The predicted molar refractivity (Wildman–Crippen MR) is 127 cm³/mol. The number of nitrogens with zero attached hydrogens (tertiary/aromatic N) is 2. The smallest absolute Gasteiger partial charge is 0.267 e. The molecule has 1 aromatic heterocycles. The maximum atomic E-state index is 13.5. The molecule has 34 heavy (non-hydrogen) atoms. The van der Waals surface area contributed by atoms with Crippen LogP contribution < -0.4 is 19.3 Å². The van der Waals surface area contributed by atoms with Gasteiger partial charge in [-0.1, -0.05) is 12.1 Å². The zero-order valence-corrected chi connectivity index (χ0v) is 19.7. The van der Waals surface area contributed by atoms with Gasteiger partial charge in [0.25, 0.3) is 15.9 Å². The normalized spacial score (nSPS) is 11.9. The van der Waals surface area contributed by atoms with E-state index in [2.05, 4.69) is 0 Å². The molecule has 0 atom stereocenters. The number of ether oxygens (including phenoxy) is 1. The largest absolute Gasteiger partial charge is 0.619 e. The van der Waals surface area contributed by atoms with Gasteiger partial charge < -0.3 is 9.94 Å². The van der Waals surface area contributed by atoms with Crippen molar-refractivity contribution in [1.29, 1.82) is 0 Å². The molecule has 0 aliphatic heterocycles. The lowest BCUT2D eigenvalue weighted by atomic mass is 9.98. The van der Waals surface area contributed by atoms with Crippen molar-refractivity contribution >= 4 is 27.2 Å². The molecule has 2 aromatic carbocycles. The number of benzene rings is 2. The third-order valence-corrected chi connectivity index (χ3v) is 6.99. The van der Waals surface area contributed by atoms with Crippen LogP contribution in [0.1, 0.15) is 25.0 Å². The number of hydrogen-bond donors (Lipinski definition) is 2. The van der Waals surface area contributed by atoms with Gasteiger partial charge in [-0.05, 0) is 61.9 Å². The average Bonchev–Trinajstić information content (AvgIpc) is 2.82. The van der Waals surface area contributed by atoms with Gasteiger partial charge in [0.1, 0.15) is 5.75 Å². The van der Waals surface area contributed by atoms with Crippen LogP contribution in [0.15, 0.2) is 84.0 Å². The highest BCUT2D eigenvalue weighted by Crippen LogP contribution is 2.31. The van der Waals surface area contributed by atoms with Crippen molar-refractivity contribution in [1.82, 2.24) is 5.48 Å². The summed E-state index contributed by atoms with van der Waals surface area (Å²) in [6, 6.07) is 15.4. The first-order chi connectivity index (χ1) is 16.2. The number of pyridine rings is 1. The number of anilines is 1. The number of rotatable bonds is 8. The molecule has 178 valence electrons. The molecule has 2 N–H and O–H groups in total. The third-order valence-electron chi connectivity index (χ3n) is 4.97. The second kappa shape index (κ2) is 10.4. The molecule has 0 spiro atoms. The number of nitrogens with one attached hydrogen (secondary N) is 1. The van der Waals surface area contributed by atoms with E-state index >= 15 is 0 Å². The molecule has 0 aliphatic rings. The lowest BCUT2D eigenvalue weighted by Crippen LogP contribution is -2.37. The Balaban J connectivity index is 2.13. The summed E-state index contributed by atoms with van der Waals surface area (Å²) in [4.78, 5) is 12.0. The van der Waals surface area contributed by atoms with Gasteiger partial charge in [-0.15, -0.1) is 0 Å². The Morgan fingerprint density at radius 1 is 1.12 bits per heavy atom. The topological polar surface area (TPSA) is 123 Å². The minimum atomic E-state index is -3.93. The van der Waals surface area contributed by atoms with Crippen LogP contribution in [0.3, 0.4) is 0 Å². The maximum absolute atomic E-state index is 13.5. The summed E-state index contributed by atoms with van der Waals surface area (Å²) in [6.07, 6.45) is 3.70. The highest BCUT2D eigenvalue weighted by molar-refractivity contribution is 7.92. The van der Waals surface area contributed by atoms with Crippen molar-refractivity contribution in [3.05, 3.63) is 95.5 Å². The van der Waals surface area contributed by atoms with Gasteiger partial charge in [0.05, 0.1) is 17.7 Å². The molecule has 1 heterocycles. The molecule has 0 aliphatic carbocycles. The second-order valence-electron chi connectivity index (χ2n) is 7.61. The number of carbonyl (C=O) groups is 1. The predicted octanol–water partition coefficient (Wildman–Crippen LogP) is 2.87. The first-order valence-electron chi connectivity index (χ1n) is 10.3. The van der Waals surface area contributed by atoms with Crippen LogP contribution in [0.4, 0.5) is 5.69 Å². The molecule has 1 amide bonds. The van der Waals surface area contributed by atoms with Crippen molar-refractivity contribution in [2.45, 2.75) is 24.8 Å². The summed E-state index contributed by atoms with van der Waals surface area (Å²) in [5, 5.41) is 20.8. The van der Waals surface area contributed by atoms with Crippen LogP contribution in [0.2, 0.25) is 0 Å². The molecule has 0 saturated carbocycles. The summed E-state index contributed by atoms with van der Waals surface area (Å²) in [5.41, 5.74) is 3.12. The number of hydroxylamine groups is 1. The molecule has 10 heteroatoms. The summed E-state index contributed by atoms with van der Waals surface area (Å²) < 4.78 is 34.0. The van der Waals surface area contributed by atoms with Crippen LogP contribution in [0, 0.1) is 5.21 Å². The Hall–Kier alpha value is -3.89. The summed E-state index contributed by atoms with van der Waals surface area (Å²) in [6.45, 7) is 3.50. The molecule has 0 unspecified atom stereocenters. The number of methoxy groups -OCH3 is 1. The Labute approximate surface area is 198 Å². The van der Waals surface area contributed by atoms with Crippen molar-refractivity contribution < 1.29 is 27.9 Å². The van der Waals surface area contributed by atoms with E-state index < -0.39 is 22.0 Å². The lowest BCUT2D eigenvalue weighted by molar-refractivity contribution is -0.605. The maximum Gasteiger partial charge on any atom is 0.267 e. The van der Waals surface area contributed by atoms with Crippen LogP contribution in [-0.4, -0.2) is 32.7 Å². The monoisotopic (exact) mass is 483 g/mol. The molecular weight excluding hydrogens is 458 g/mol. The van der Waals surface area contributed by atoms with E-state index in [9.17, 15) is 18.4 Å². The van der Waals surface area contributed by atoms with Gasteiger partial charge in [0, 0.05) is 29.3 Å². The molecule has 3 aromatic rings. The van der Waals surface area contributed by atoms with Gasteiger partial charge in [0.2, 0.25) is 0 Å². The first-order valence-corrected chi connectivity index (χ1v) is 11.7. The van der Waals surface area contributed by atoms with Gasteiger partial charge in [-0.2, -0.15) is 4.73 Å². The highest BCUT2D eigenvalue weighted by atomic mass is 32.2. The zero-order chi connectivity index (χ0) is 24.9. The van der Waals surface area contributed by atoms with E-state index in [4.69, 9.17) is 9.94 Å². The van der Waals surface area contributed by atoms with Crippen molar-refractivity contribution in [2.24, 2.45) is 0 Å². The van der Waals surface area contributed by atoms with Crippen LogP contribution in [-0.2, 0) is 14.8 Å². The standard InChI is InChI=1S/C24H25N3O6S/c1-17(2)27(34(31,32)22-11-9-21(33-3)10-12-22)20-8-4-6-18(14-20)23(15-24(28)25-29)19-7-5-13-26(30)16-19/h4-17,29H,1-3H3,(H,25,28)/b23-15+. The summed E-state index contributed by atoms with van der Waals surface area (Å²) in [5.74, 6) is -0.263. The minimum absolute atomic E-state index is 0.0956. The molecule has 9 nitrogen and oxygen atoms in total. The van der Waals surface area contributed by atoms with Gasteiger partial charge in [0.15, 0.2) is 12.4 Å². The Morgan fingerprint density at radius 3 is 2.38 bits per heavy atom. The van der Waals surface area contributed by atoms with E-state index in [-0.39, 0.29) is 4.90 Å². The molecular formula is C24H25N3O6S. The Bertz CT molecular complexity index is 1300. The Morgan fingerprint density at radius 2 is 1.79 bits per heavy atom. The molecule has 3 rings (SSSR count). The van der Waals surface area contributed by atoms with E-state index in [1.165, 1.54) is 42.0 Å². The van der Waals surface area contributed by atoms with Gasteiger partial charge in [-0.3, -0.25) is 14.3 Å². The summed E-state index contributed by atoms with van der Waals surface area (Å²) in [7, 11) is -2.44. The first kappa shape index (κ1) is 24.7. The Kier molecular flexibility index (Phi) is 7.54. The SMILES string of the molecule is COc1ccc(S(=O)(=O)N(c2cccc(/C(=C\C(=O)NO)c3ccc[n+]([O-])c3)c2)C(C)C)cc1. The number of aromatic nitrogens is 1. The number of sulfonamides is 1. The number of hydrogen-bond acceptors (Lipinski definition) is 6. The van der Waals surface area contributed by atoms with Crippen molar-refractivity contribution in [2.75, 3.05) is 11.4 Å².